The molecular formula is C18H24N2O5S3. The number of fused-ring (bicyclic) bond motifs is 1. The predicted octanol–water partition coefficient (Wildman–Crippen LogP) is 2.36. The van der Waals surface area contributed by atoms with Crippen LogP contribution in [0.4, 0.5) is 0 Å². The second kappa shape index (κ2) is 10.2. The lowest BCUT2D eigenvalue weighted by molar-refractivity contribution is -0.137. The molecule has 28 heavy (non-hydrogen) atoms. The normalized spacial score (nSPS) is 17.7. The van der Waals surface area contributed by atoms with Gasteiger partial charge in [0.2, 0.25) is 5.91 Å². The van der Waals surface area contributed by atoms with Crippen LogP contribution in [-0.2, 0) is 29.3 Å². The molecule has 1 atom stereocenters. The van der Waals surface area contributed by atoms with Crippen molar-refractivity contribution < 1.29 is 23.6 Å². The Kier molecular flexibility index (Phi) is 8.26. The lowest BCUT2D eigenvalue weighted by Gasteiger charge is -2.21. The highest BCUT2D eigenvalue weighted by atomic mass is 32.8. The van der Waals surface area contributed by atoms with E-state index in [0.717, 1.165) is 16.2 Å². The summed E-state index contributed by atoms with van der Waals surface area (Å²) in [6.07, 6.45) is 1.30. The third-order valence-electron chi connectivity index (χ3n) is 3.83. The summed E-state index contributed by atoms with van der Waals surface area (Å²) >= 11 is 4.35. The molecule has 1 aliphatic rings. The Morgan fingerprint density at radius 2 is 2.18 bits per heavy atom. The molecule has 1 amide bonds. The predicted molar refractivity (Wildman–Crippen MR) is 114 cm³/mol. The van der Waals surface area contributed by atoms with Crippen LogP contribution >= 0.6 is 12.6 Å². The van der Waals surface area contributed by atoms with Gasteiger partial charge in [0.05, 0.1) is 12.3 Å². The van der Waals surface area contributed by atoms with E-state index in [1.807, 2.05) is 26.0 Å². The zero-order valence-corrected chi connectivity index (χ0v) is 18.3. The van der Waals surface area contributed by atoms with E-state index in [4.69, 9.17) is 9.84 Å². The molecule has 1 aliphatic heterocycles. The Bertz CT molecular complexity index is 842. The fraction of sp³-hybridized carbons (Fsp3) is 0.500. The van der Waals surface area contributed by atoms with Gasteiger partial charge < -0.3 is 9.84 Å². The number of thiol groups is 1. The molecule has 0 saturated carbocycles. The highest BCUT2D eigenvalue weighted by Gasteiger charge is 2.22. The molecule has 2 N–H and O–H groups in total. The Hall–Kier alpha value is -1.65. The average molecular weight is 445 g/mol. The van der Waals surface area contributed by atoms with Gasteiger partial charge in [-0.3, -0.25) is 9.59 Å². The molecule has 2 rings (SSSR count). The zero-order chi connectivity index (χ0) is 20.7. The third kappa shape index (κ3) is 7.06. The number of rotatable bonds is 8. The minimum absolute atomic E-state index is 0.0469. The van der Waals surface area contributed by atoms with Gasteiger partial charge in [-0.25, -0.2) is 9.63 Å². The standard InChI is InChI=1S/C18H24N2O5S3/c1-18(2,26)11-16(21)20-19-14-7-9-28(27-24)15-10-12(5-6-13(14)15)25-8-3-4-17(22)23/h5-6,10,26H,3-4,7-9,11H2,1-2H3,(H,20,21)(H,22,23). The maximum Gasteiger partial charge on any atom is 0.303 e. The van der Waals surface area contributed by atoms with Crippen LogP contribution in [-0.4, -0.2) is 44.0 Å². The number of amides is 1. The van der Waals surface area contributed by atoms with Crippen LogP contribution in [0.15, 0.2) is 28.2 Å². The summed E-state index contributed by atoms with van der Waals surface area (Å²) in [4.78, 5) is 23.4. The number of nitrogens with zero attached hydrogens (tertiary/aromatic N) is 1. The third-order valence-corrected chi connectivity index (χ3v) is 7.09. The number of carbonyl (C=O) groups excluding carboxylic acids is 1. The van der Waals surface area contributed by atoms with Crippen LogP contribution in [0.5, 0.6) is 5.75 Å². The second-order valence-electron chi connectivity index (χ2n) is 6.95. The van der Waals surface area contributed by atoms with Gasteiger partial charge in [0, 0.05) is 40.2 Å². The quantitative estimate of drug-likeness (QED) is 0.324. The van der Waals surface area contributed by atoms with Crippen molar-refractivity contribution in [1.29, 1.82) is 0 Å². The first-order valence-corrected chi connectivity index (χ1v) is 11.9. The number of hydrogen-bond acceptors (Lipinski definition) is 6. The van der Waals surface area contributed by atoms with E-state index in [1.165, 1.54) is 0 Å². The first-order chi connectivity index (χ1) is 13.2. The van der Waals surface area contributed by atoms with E-state index in [2.05, 4.69) is 23.2 Å². The molecule has 0 aromatic heterocycles. The summed E-state index contributed by atoms with van der Waals surface area (Å²) in [6, 6.07) is 5.43. The first kappa shape index (κ1) is 22.6. The van der Waals surface area contributed by atoms with Crippen molar-refractivity contribution in [2.75, 3.05) is 12.4 Å². The smallest absolute Gasteiger partial charge is 0.303 e. The van der Waals surface area contributed by atoms with Crippen molar-refractivity contribution in [2.45, 2.75) is 49.2 Å². The minimum atomic E-state index is -0.859. The van der Waals surface area contributed by atoms with Crippen molar-refractivity contribution in [2.24, 2.45) is 5.10 Å². The highest BCUT2D eigenvalue weighted by molar-refractivity contribution is 8.31. The van der Waals surface area contributed by atoms with Gasteiger partial charge in [0.15, 0.2) is 0 Å². The zero-order valence-electron chi connectivity index (χ0n) is 15.8. The Morgan fingerprint density at radius 3 is 2.82 bits per heavy atom. The van der Waals surface area contributed by atoms with Crippen molar-refractivity contribution >= 4 is 49.9 Å². The fourth-order valence-electron chi connectivity index (χ4n) is 2.62. The SMILES string of the molecule is CC(C)(S)CC(=O)NN=C1CCS(=S=O)c2cc(OCCCC(=O)O)ccc21. The van der Waals surface area contributed by atoms with E-state index >= 15 is 0 Å². The molecule has 0 saturated heterocycles. The molecule has 0 aliphatic carbocycles. The number of hydrogen-bond donors (Lipinski definition) is 3. The molecule has 1 heterocycles. The van der Waals surface area contributed by atoms with Crippen LogP contribution in [0.1, 0.15) is 45.1 Å². The number of benzene rings is 1. The first-order valence-electron chi connectivity index (χ1n) is 8.77. The van der Waals surface area contributed by atoms with E-state index in [9.17, 15) is 13.8 Å². The summed E-state index contributed by atoms with van der Waals surface area (Å²) < 4.78 is 16.7. The van der Waals surface area contributed by atoms with Crippen molar-refractivity contribution in [1.82, 2.24) is 5.43 Å². The van der Waals surface area contributed by atoms with E-state index < -0.39 is 20.2 Å². The molecule has 10 heteroatoms. The van der Waals surface area contributed by atoms with Crippen LogP contribution < -0.4 is 10.2 Å². The molecule has 7 nitrogen and oxygen atoms in total. The average Bonchev–Trinajstić information content (AvgIpc) is 2.61. The number of ether oxygens (including phenoxy) is 1. The largest absolute Gasteiger partial charge is 0.494 e. The topological polar surface area (TPSA) is 105 Å². The molecular weight excluding hydrogens is 420 g/mol. The van der Waals surface area contributed by atoms with Gasteiger partial charge in [-0.15, -0.1) is 0 Å². The summed E-state index contributed by atoms with van der Waals surface area (Å²) in [7, 11) is 0.0347. The maximum atomic E-state index is 12.0. The number of carboxylic acid groups (broad SMARTS) is 1. The summed E-state index contributed by atoms with van der Waals surface area (Å²) in [6.45, 7) is 4.00. The van der Waals surface area contributed by atoms with Gasteiger partial charge in [-0.05, 0) is 24.6 Å². The second-order valence-corrected chi connectivity index (χ2v) is 11.5. The van der Waals surface area contributed by atoms with Gasteiger partial charge in [-0.2, -0.15) is 17.7 Å². The number of nitrogens with one attached hydrogen (secondary N) is 1. The van der Waals surface area contributed by atoms with E-state index in [-0.39, 0.29) is 18.7 Å². The number of carboxylic acids is 1. The van der Waals surface area contributed by atoms with Crippen LogP contribution in [0.2, 0.25) is 0 Å². The Labute approximate surface area is 175 Å². The molecule has 0 radical (unpaired) electrons. The molecule has 154 valence electrons. The molecule has 0 bridgehead atoms. The van der Waals surface area contributed by atoms with Gasteiger partial charge in [-0.1, -0.05) is 23.3 Å². The highest BCUT2D eigenvalue weighted by Crippen LogP contribution is 2.27. The molecule has 1 aromatic rings. The fourth-order valence-corrected chi connectivity index (χ4v) is 5.27. The summed E-state index contributed by atoms with van der Waals surface area (Å²) in [5, 5.41) is 12.9. The lowest BCUT2D eigenvalue weighted by atomic mass is 10.1. The van der Waals surface area contributed by atoms with Gasteiger partial charge >= 0.3 is 5.97 Å². The molecule has 1 aromatic carbocycles. The van der Waals surface area contributed by atoms with Crippen molar-refractivity contribution in [3.05, 3.63) is 23.8 Å². The monoisotopic (exact) mass is 444 g/mol. The lowest BCUT2D eigenvalue weighted by Crippen LogP contribution is -2.28. The molecule has 0 fully saturated rings. The maximum absolute atomic E-state index is 12.0. The number of carbonyl (C=O) groups is 2. The van der Waals surface area contributed by atoms with Crippen LogP contribution in [0.3, 0.4) is 0 Å². The molecule has 0 spiro atoms. The van der Waals surface area contributed by atoms with E-state index in [0.29, 0.717) is 41.2 Å². The Morgan fingerprint density at radius 1 is 1.43 bits per heavy atom. The van der Waals surface area contributed by atoms with Crippen LogP contribution in [0.25, 0.3) is 0 Å². The summed E-state index contributed by atoms with van der Waals surface area (Å²) in [5.74, 6) is 0.173. The van der Waals surface area contributed by atoms with Crippen molar-refractivity contribution in [3.63, 3.8) is 0 Å². The van der Waals surface area contributed by atoms with Gasteiger partial charge in [0.1, 0.15) is 16.0 Å². The number of aliphatic carboxylic acids is 1. The number of hydrazone groups is 1. The summed E-state index contributed by atoms with van der Waals surface area (Å²) in [5.41, 5.74) is 4.15. The minimum Gasteiger partial charge on any atom is -0.494 e. The van der Waals surface area contributed by atoms with Crippen LogP contribution in [0, 0.1) is 0 Å². The van der Waals surface area contributed by atoms with E-state index in [1.54, 1.807) is 6.07 Å². The van der Waals surface area contributed by atoms with Crippen molar-refractivity contribution in [3.8, 4) is 5.75 Å². The molecule has 1 unspecified atom stereocenters. The Balaban J connectivity index is 2.15. The van der Waals surface area contributed by atoms with Gasteiger partial charge in [0.25, 0.3) is 0 Å².